The smallest absolute Gasteiger partial charge is 0.0702 e. The van der Waals surface area contributed by atoms with Gasteiger partial charge in [-0.15, -0.1) is 0 Å². The molecule has 90 valence electrons. The summed E-state index contributed by atoms with van der Waals surface area (Å²) in [6.45, 7) is 8.67. The Morgan fingerprint density at radius 2 is 2.00 bits per heavy atom. The van der Waals surface area contributed by atoms with Crippen molar-refractivity contribution < 1.29 is 0 Å². The van der Waals surface area contributed by atoms with E-state index < -0.39 is 0 Å². The van der Waals surface area contributed by atoms with E-state index in [4.69, 9.17) is 0 Å². The average Bonchev–Trinajstić information content (AvgIpc) is 2.27. The van der Waals surface area contributed by atoms with Gasteiger partial charge in [0, 0.05) is 24.7 Å². The van der Waals surface area contributed by atoms with Crippen LogP contribution in [-0.2, 0) is 6.54 Å². The van der Waals surface area contributed by atoms with E-state index in [1.807, 2.05) is 12.3 Å². The molecule has 2 rings (SSSR count). The molecule has 2 aromatic rings. The predicted octanol–water partition coefficient (Wildman–Crippen LogP) is 3.37. The van der Waals surface area contributed by atoms with Gasteiger partial charge in [-0.25, -0.2) is 0 Å². The number of benzene rings is 1. The minimum Gasteiger partial charge on any atom is -0.312 e. The molecular formula is C15H20N2. The van der Waals surface area contributed by atoms with Gasteiger partial charge in [-0.2, -0.15) is 0 Å². The number of nitrogens with zero attached hydrogens (tertiary/aromatic N) is 1. The van der Waals surface area contributed by atoms with Gasteiger partial charge in [0.1, 0.15) is 0 Å². The van der Waals surface area contributed by atoms with Crippen LogP contribution in [0.4, 0.5) is 0 Å². The zero-order chi connectivity index (χ0) is 12.3. The molecule has 17 heavy (non-hydrogen) atoms. The molecule has 0 spiro atoms. The average molecular weight is 228 g/mol. The third-order valence-corrected chi connectivity index (χ3v) is 2.65. The van der Waals surface area contributed by atoms with Crippen molar-refractivity contribution >= 4 is 10.9 Å². The molecule has 2 heteroatoms. The Morgan fingerprint density at radius 3 is 2.76 bits per heavy atom. The molecule has 0 aliphatic heterocycles. The Bertz CT molecular complexity index is 497. The van der Waals surface area contributed by atoms with Crippen LogP contribution >= 0.6 is 0 Å². The second-order valence-electron chi connectivity index (χ2n) is 5.69. The second kappa shape index (κ2) is 4.84. The highest BCUT2D eigenvalue weighted by atomic mass is 14.9. The van der Waals surface area contributed by atoms with Gasteiger partial charge in [0.15, 0.2) is 0 Å². The van der Waals surface area contributed by atoms with Gasteiger partial charge in [-0.05, 0) is 29.2 Å². The maximum atomic E-state index is 4.32. The van der Waals surface area contributed by atoms with Crippen molar-refractivity contribution in [2.24, 2.45) is 5.41 Å². The van der Waals surface area contributed by atoms with E-state index in [0.29, 0.717) is 5.41 Å². The molecule has 1 N–H and O–H groups in total. The maximum absolute atomic E-state index is 4.32. The van der Waals surface area contributed by atoms with Crippen LogP contribution in [-0.4, -0.2) is 11.5 Å². The molecule has 0 unspecified atom stereocenters. The second-order valence-corrected chi connectivity index (χ2v) is 5.69. The Balaban J connectivity index is 2.04. The summed E-state index contributed by atoms with van der Waals surface area (Å²) in [5.74, 6) is 0. The third-order valence-electron chi connectivity index (χ3n) is 2.65. The molecule has 1 aromatic carbocycles. The molecule has 0 aliphatic rings. The maximum Gasteiger partial charge on any atom is 0.0702 e. The van der Waals surface area contributed by atoms with Gasteiger partial charge in [-0.3, -0.25) is 4.98 Å². The number of rotatable bonds is 3. The zero-order valence-corrected chi connectivity index (χ0v) is 10.8. The molecule has 0 atom stereocenters. The van der Waals surface area contributed by atoms with Crippen LogP contribution in [0.15, 0.2) is 36.5 Å². The van der Waals surface area contributed by atoms with Crippen LogP contribution < -0.4 is 5.32 Å². The van der Waals surface area contributed by atoms with Crippen LogP contribution in [0.2, 0.25) is 0 Å². The summed E-state index contributed by atoms with van der Waals surface area (Å²) in [6.07, 6.45) is 1.83. The van der Waals surface area contributed by atoms with E-state index in [0.717, 1.165) is 18.6 Å². The topological polar surface area (TPSA) is 24.9 Å². The number of pyridine rings is 1. The lowest BCUT2D eigenvalue weighted by Gasteiger charge is -2.18. The lowest BCUT2D eigenvalue weighted by molar-refractivity contribution is 0.379. The van der Waals surface area contributed by atoms with Crippen molar-refractivity contribution in [2.75, 3.05) is 6.54 Å². The molecule has 0 amide bonds. The zero-order valence-electron chi connectivity index (χ0n) is 10.8. The summed E-state index contributed by atoms with van der Waals surface area (Å²) in [7, 11) is 0. The summed E-state index contributed by atoms with van der Waals surface area (Å²) in [6, 6.07) is 10.5. The monoisotopic (exact) mass is 228 g/mol. The van der Waals surface area contributed by atoms with Crippen LogP contribution in [0.1, 0.15) is 26.3 Å². The summed E-state index contributed by atoms with van der Waals surface area (Å²) >= 11 is 0. The van der Waals surface area contributed by atoms with Gasteiger partial charge in [0.25, 0.3) is 0 Å². The number of nitrogens with one attached hydrogen (secondary N) is 1. The molecule has 1 aromatic heterocycles. The normalized spacial score (nSPS) is 11.9. The van der Waals surface area contributed by atoms with Crippen LogP contribution in [0, 0.1) is 5.41 Å². The SMILES string of the molecule is CC(C)(C)CNCc1ccc2ncccc2c1. The van der Waals surface area contributed by atoms with E-state index in [2.05, 4.69) is 55.3 Å². The fourth-order valence-corrected chi connectivity index (χ4v) is 1.82. The van der Waals surface area contributed by atoms with Crippen LogP contribution in [0.25, 0.3) is 10.9 Å². The highest BCUT2D eigenvalue weighted by Crippen LogP contribution is 2.14. The predicted molar refractivity (Wildman–Crippen MR) is 72.9 cm³/mol. The van der Waals surface area contributed by atoms with Crippen LogP contribution in [0.5, 0.6) is 0 Å². The van der Waals surface area contributed by atoms with Crippen molar-refractivity contribution in [3.63, 3.8) is 0 Å². The van der Waals surface area contributed by atoms with E-state index in [9.17, 15) is 0 Å². The summed E-state index contributed by atoms with van der Waals surface area (Å²) in [5, 5.41) is 4.70. The van der Waals surface area contributed by atoms with Gasteiger partial charge < -0.3 is 5.32 Å². The van der Waals surface area contributed by atoms with Gasteiger partial charge >= 0.3 is 0 Å². The third kappa shape index (κ3) is 3.53. The number of aromatic nitrogens is 1. The molecule has 0 bridgehead atoms. The molecule has 0 saturated carbocycles. The van der Waals surface area contributed by atoms with Crippen molar-refractivity contribution in [3.05, 3.63) is 42.1 Å². The molecule has 0 fully saturated rings. The minimum absolute atomic E-state index is 0.332. The Labute approximate surface area is 103 Å². The molecule has 0 radical (unpaired) electrons. The van der Waals surface area contributed by atoms with Crippen LogP contribution in [0.3, 0.4) is 0 Å². The molecule has 1 heterocycles. The summed E-state index contributed by atoms with van der Waals surface area (Å²) in [4.78, 5) is 4.32. The first-order valence-electron chi connectivity index (χ1n) is 6.09. The first kappa shape index (κ1) is 12.1. The Hall–Kier alpha value is -1.41. The first-order chi connectivity index (χ1) is 8.04. The Morgan fingerprint density at radius 1 is 1.18 bits per heavy atom. The van der Waals surface area contributed by atoms with E-state index in [1.54, 1.807) is 0 Å². The summed E-state index contributed by atoms with van der Waals surface area (Å²) in [5.41, 5.74) is 2.71. The van der Waals surface area contributed by atoms with Crippen molar-refractivity contribution in [2.45, 2.75) is 27.3 Å². The highest BCUT2D eigenvalue weighted by molar-refractivity contribution is 5.78. The molecule has 0 saturated heterocycles. The lowest BCUT2D eigenvalue weighted by Crippen LogP contribution is -2.26. The van der Waals surface area contributed by atoms with Gasteiger partial charge in [-0.1, -0.05) is 32.9 Å². The summed E-state index contributed by atoms with van der Waals surface area (Å²) < 4.78 is 0. The highest BCUT2D eigenvalue weighted by Gasteiger charge is 2.08. The van der Waals surface area contributed by atoms with Crippen molar-refractivity contribution in [1.29, 1.82) is 0 Å². The van der Waals surface area contributed by atoms with Crippen molar-refractivity contribution in [1.82, 2.24) is 10.3 Å². The number of fused-ring (bicyclic) bond motifs is 1. The fourth-order valence-electron chi connectivity index (χ4n) is 1.82. The largest absolute Gasteiger partial charge is 0.312 e. The molecule has 2 nitrogen and oxygen atoms in total. The van der Waals surface area contributed by atoms with E-state index >= 15 is 0 Å². The lowest BCUT2D eigenvalue weighted by atomic mass is 9.97. The van der Waals surface area contributed by atoms with Gasteiger partial charge in [0.2, 0.25) is 0 Å². The van der Waals surface area contributed by atoms with Crippen molar-refractivity contribution in [3.8, 4) is 0 Å². The fraction of sp³-hybridized carbons (Fsp3) is 0.400. The van der Waals surface area contributed by atoms with E-state index in [-0.39, 0.29) is 0 Å². The number of hydrogen-bond acceptors (Lipinski definition) is 2. The first-order valence-corrected chi connectivity index (χ1v) is 6.09. The number of hydrogen-bond donors (Lipinski definition) is 1. The quantitative estimate of drug-likeness (QED) is 0.871. The van der Waals surface area contributed by atoms with Gasteiger partial charge in [0.05, 0.1) is 5.52 Å². The molecule has 0 aliphatic carbocycles. The minimum atomic E-state index is 0.332. The molecular weight excluding hydrogens is 208 g/mol. The standard InChI is InChI=1S/C15H20N2/c1-15(2,3)11-16-10-12-6-7-14-13(9-12)5-4-8-17-14/h4-9,16H,10-11H2,1-3H3. The van der Waals surface area contributed by atoms with E-state index in [1.165, 1.54) is 10.9 Å². The Kier molecular flexibility index (Phi) is 3.43.